The summed E-state index contributed by atoms with van der Waals surface area (Å²) in [4.78, 5) is 11.6. The van der Waals surface area contributed by atoms with Crippen LogP contribution in [0.1, 0.15) is 11.1 Å². The molecular weight excluding hydrogens is 385 g/mol. The van der Waals surface area contributed by atoms with Crippen LogP contribution in [0.3, 0.4) is 0 Å². The summed E-state index contributed by atoms with van der Waals surface area (Å²) < 4.78 is 66.4. The number of benzene rings is 2. The fourth-order valence-electron chi connectivity index (χ4n) is 2.09. The molecule has 0 bridgehead atoms. The molecular formula is C17H17F3N2O4S. The van der Waals surface area contributed by atoms with Crippen molar-refractivity contribution in [3.8, 4) is 5.75 Å². The maximum Gasteiger partial charge on any atom is 0.573 e. The molecule has 10 heteroatoms. The van der Waals surface area contributed by atoms with Crippen LogP contribution in [0, 0.1) is 13.8 Å². The molecule has 0 heterocycles. The maximum atomic E-state index is 12.1. The Morgan fingerprint density at radius 2 is 1.67 bits per heavy atom. The quantitative estimate of drug-likeness (QED) is 0.778. The van der Waals surface area contributed by atoms with Gasteiger partial charge in [0.25, 0.3) is 0 Å². The van der Waals surface area contributed by atoms with Crippen LogP contribution >= 0.6 is 0 Å². The first-order valence-corrected chi connectivity index (χ1v) is 9.17. The summed E-state index contributed by atoms with van der Waals surface area (Å²) in [5, 5.41) is 2.56. The average molecular weight is 402 g/mol. The number of rotatable bonds is 6. The smallest absolute Gasteiger partial charge is 0.406 e. The van der Waals surface area contributed by atoms with Gasteiger partial charge in [0.1, 0.15) is 5.75 Å². The molecule has 0 saturated heterocycles. The van der Waals surface area contributed by atoms with Crippen molar-refractivity contribution in [3.63, 3.8) is 0 Å². The number of alkyl halides is 3. The van der Waals surface area contributed by atoms with Crippen LogP contribution in [0.2, 0.25) is 0 Å². The van der Waals surface area contributed by atoms with Crippen molar-refractivity contribution < 1.29 is 31.1 Å². The van der Waals surface area contributed by atoms with Gasteiger partial charge in [-0.25, -0.2) is 13.1 Å². The monoisotopic (exact) mass is 402 g/mol. The van der Waals surface area contributed by atoms with Gasteiger partial charge in [0.05, 0.1) is 11.4 Å². The first kappa shape index (κ1) is 20.7. The van der Waals surface area contributed by atoms with E-state index in [1.54, 1.807) is 12.1 Å². The molecule has 1 amide bonds. The van der Waals surface area contributed by atoms with E-state index in [1.165, 1.54) is 0 Å². The van der Waals surface area contributed by atoms with Crippen molar-refractivity contribution in [1.82, 2.24) is 4.72 Å². The zero-order valence-electron chi connectivity index (χ0n) is 14.4. The largest absolute Gasteiger partial charge is 0.573 e. The third-order valence-electron chi connectivity index (χ3n) is 3.58. The summed E-state index contributed by atoms with van der Waals surface area (Å²) >= 11 is 0. The van der Waals surface area contributed by atoms with E-state index in [-0.39, 0.29) is 4.90 Å². The lowest BCUT2D eigenvalue weighted by molar-refractivity contribution is -0.274. The van der Waals surface area contributed by atoms with Gasteiger partial charge in [-0.2, -0.15) is 0 Å². The highest BCUT2D eigenvalue weighted by Crippen LogP contribution is 2.23. The normalized spacial score (nSPS) is 11.9. The van der Waals surface area contributed by atoms with Crippen molar-refractivity contribution in [1.29, 1.82) is 0 Å². The molecule has 2 N–H and O–H groups in total. The Morgan fingerprint density at radius 3 is 2.22 bits per heavy atom. The number of sulfonamides is 1. The van der Waals surface area contributed by atoms with Gasteiger partial charge in [-0.05, 0) is 61.4 Å². The molecule has 2 aromatic carbocycles. The summed E-state index contributed by atoms with van der Waals surface area (Å²) in [5.74, 6) is -1.13. The van der Waals surface area contributed by atoms with Crippen molar-refractivity contribution in [2.75, 3.05) is 11.9 Å². The van der Waals surface area contributed by atoms with E-state index in [4.69, 9.17) is 0 Å². The third kappa shape index (κ3) is 6.26. The fourth-order valence-corrected chi connectivity index (χ4v) is 3.07. The van der Waals surface area contributed by atoms with E-state index >= 15 is 0 Å². The van der Waals surface area contributed by atoms with Crippen molar-refractivity contribution in [2.45, 2.75) is 25.1 Å². The molecule has 6 nitrogen and oxygen atoms in total. The molecule has 27 heavy (non-hydrogen) atoms. The second-order valence-electron chi connectivity index (χ2n) is 5.69. The minimum absolute atomic E-state index is 0.295. The molecule has 0 fully saturated rings. The second-order valence-corrected chi connectivity index (χ2v) is 7.46. The van der Waals surface area contributed by atoms with Gasteiger partial charge in [0.2, 0.25) is 15.9 Å². The van der Waals surface area contributed by atoms with E-state index in [0.29, 0.717) is 5.69 Å². The molecule has 0 aliphatic carbocycles. The number of hydrogen-bond acceptors (Lipinski definition) is 4. The van der Waals surface area contributed by atoms with E-state index in [9.17, 15) is 26.4 Å². The lowest BCUT2D eigenvalue weighted by Gasteiger charge is -2.11. The molecule has 0 saturated carbocycles. The number of hydrogen-bond donors (Lipinski definition) is 2. The number of ether oxygens (including phenoxy) is 1. The van der Waals surface area contributed by atoms with Gasteiger partial charge in [-0.15, -0.1) is 13.2 Å². The van der Waals surface area contributed by atoms with E-state index < -0.39 is 34.6 Å². The molecule has 0 aromatic heterocycles. The zero-order chi connectivity index (χ0) is 20.2. The summed E-state index contributed by atoms with van der Waals surface area (Å²) in [7, 11) is -4.07. The Morgan fingerprint density at radius 1 is 1.04 bits per heavy atom. The predicted molar refractivity (Wildman–Crippen MR) is 92.9 cm³/mol. The number of amides is 1. The van der Waals surface area contributed by atoms with Crippen LogP contribution in [0.4, 0.5) is 18.9 Å². The van der Waals surface area contributed by atoms with Crippen LogP contribution in [-0.2, 0) is 14.8 Å². The Labute approximate surface area is 154 Å². The Hall–Kier alpha value is -2.59. The molecule has 2 rings (SSSR count). The average Bonchev–Trinajstić information content (AvgIpc) is 2.55. The highest BCUT2D eigenvalue weighted by Gasteiger charge is 2.31. The number of carbonyl (C=O) groups is 1. The third-order valence-corrected chi connectivity index (χ3v) is 5.00. The molecule has 0 atom stereocenters. The number of halogens is 3. The first-order valence-electron chi connectivity index (χ1n) is 7.69. The van der Waals surface area contributed by atoms with Gasteiger partial charge in [-0.1, -0.05) is 6.07 Å². The number of nitrogens with one attached hydrogen (secondary N) is 2. The van der Waals surface area contributed by atoms with Crippen LogP contribution in [0.15, 0.2) is 47.4 Å². The lowest BCUT2D eigenvalue weighted by Crippen LogP contribution is -2.32. The highest BCUT2D eigenvalue weighted by atomic mass is 32.2. The van der Waals surface area contributed by atoms with E-state index in [1.807, 2.05) is 19.9 Å². The van der Waals surface area contributed by atoms with E-state index in [2.05, 4.69) is 14.8 Å². The van der Waals surface area contributed by atoms with Crippen molar-refractivity contribution >= 4 is 21.6 Å². The summed E-state index contributed by atoms with van der Waals surface area (Å²) in [6, 6.07) is 8.90. The minimum atomic E-state index is -4.87. The molecule has 0 spiro atoms. The summed E-state index contributed by atoms with van der Waals surface area (Å²) in [6.07, 6.45) is -4.87. The second kappa shape index (κ2) is 7.97. The van der Waals surface area contributed by atoms with Crippen molar-refractivity contribution in [2.24, 2.45) is 0 Å². The number of aryl methyl sites for hydroxylation is 2. The van der Waals surface area contributed by atoms with Crippen molar-refractivity contribution in [3.05, 3.63) is 53.6 Å². The lowest BCUT2D eigenvalue weighted by atomic mass is 10.1. The van der Waals surface area contributed by atoms with Crippen LogP contribution in [0.25, 0.3) is 0 Å². The number of carbonyl (C=O) groups excluding carboxylic acids is 1. The molecule has 2 aromatic rings. The number of anilines is 1. The molecule has 0 aliphatic rings. The van der Waals surface area contributed by atoms with Gasteiger partial charge < -0.3 is 10.1 Å². The summed E-state index contributed by atoms with van der Waals surface area (Å²) in [6.45, 7) is 3.26. The molecule has 0 unspecified atom stereocenters. The van der Waals surface area contributed by atoms with Gasteiger partial charge >= 0.3 is 6.36 Å². The standard InChI is InChI=1S/C17H17F3N2O4S/c1-11-3-4-13(9-12(11)2)22-16(23)10-21-27(24,25)15-7-5-14(6-8-15)26-17(18,19)20/h3-9,21H,10H2,1-2H3,(H,22,23). The molecule has 0 aliphatic heterocycles. The van der Waals surface area contributed by atoms with E-state index in [0.717, 1.165) is 35.4 Å². The molecule has 146 valence electrons. The van der Waals surface area contributed by atoms with Gasteiger partial charge in [0.15, 0.2) is 0 Å². The maximum absolute atomic E-state index is 12.1. The zero-order valence-corrected chi connectivity index (χ0v) is 15.2. The minimum Gasteiger partial charge on any atom is -0.406 e. The van der Waals surface area contributed by atoms with Crippen LogP contribution in [0.5, 0.6) is 5.75 Å². The SMILES string of the molecule is Cc1ccc(NC(=O)CNS(=O)(=O)c2ccc(OC(F)(F)F)cc2)cc1C. The topological polar surface area (TPSA) is 84.5 Å². The Bertz CT molecular complexity index is 926. The fraction of sp³-hybridized carbons (Fsp3) is 0.235. The van der Waals surface area contributed by atoms with Gasteiger partial charge in [-0.3, -0.25) is 4.79 Å². The molecule has 0 radical (unpaired) electrons. The Kier molecular flexibility index (Phi) is 6.11. The highest BCUT2D eigenvalue weighted by molar-refractivity contribution is 7.89. The first-order chi connectivity index (χ1) is 12.5. The summed E-state index contributed by atoms with van der Waals surface area (Å²) in [5.41, 5.74) is 2.54. The van der Waals surface area contributed by atoms with Gasteiger partial charge in [0, 0.05) is 5.69 Å². The van der Waals surface area contributed by atoms with Crippen LogP contribution < -0.4 is 14.8 Å². The predicted octanol–water partition coefficient (Wildman–Crippen LogP) is 3.12. The van der Waals surface area contributed by atoms with Crippen LogP contribution in [-0.4, -0.2) is 27.2 Å². The Balaban J connectivity index is 1.97.